The number of hydrazine groups is 1. The Morgan fingerprint density at radius 2 is 2.21 bits per heavy atom. The van der Waals surface area contributed by atoms with E-state index in [1.807, 2.05) is 28.7 Å². The van der Waals surface area contributed by atoms with Crippen molar-refractivity contribution in [2.75, 3.05) is 0 Å². The lowest BCUT2D eigenvalue weighted by Crippen LogP contribution is -2.23. The minimum absolute atomic E-state index is 0.665. The molecule has 1 heterocycles. The molecule has 0 spiro atoms. The van der Waals surface area contributed by atoms with Gasteiger partial charge in [-0.1, -0.05) is 29.3 Å². The quantitative estimate of drug-likeness (QED) is 0.806. The highest BCUT2D eigenvalue weighted by atomic mass is 35.5. The highest BCUT2D eigenvalue weighted by Gasteiger charge is 2.07. The highest BCUT2D eigenvalue weighted by molar-refractivity contribution is 8.00. The Kier molecular flexibility index (Phi) is 3.23. The molecule has 1 N–H and O–H groups in total. The first-order valence-electron chi connectivity index (χ1n) is 4.04. The number of halogens is 2. The molecule has 1 aliphatic heterocycles. The molecular weight excluding hydrogens is 239 g/mol. The molecule has 0 atom stereocenters. The van der Waals surface area contributed by atoms with Crippen molar-refractivity contribution in [1.82, 2.24) is 9.84 Å². The first kappa shape index (κ1) is 10.2. The Morgan fingerprint density at radius 3 is 2.86 bits per heavy atom. The molecule has 2 nitrogen and oxygen atoms in total. The van der Waals surface area contributed by atoms with Gasteiger partial charge in [0.2, 0.25) is 0 Å². The Morgan fingerprint density at radius 1 is 1.36 bits per heavy atom. The number of nitrogens with zero attached hydrogens (tertiary/aromatic N) is 1. The van der Waals surface area contributed by atoms with Crippen molar-refractivity contribution in [2.45, 2.75) is 6.54 Å². The lowest BCUT2D eigenvalue weighted by Gasteiger charge is -2.15. The van der Waals surface area contributed by atoms with Crippen molar-refractivity contribution >= 4 is 35.1 Å². The van der Waals surface area contributed by atoms with Gasteiger partial charge >= 0.3 is 0 Å². The fourth-order valence-corrected chi connectivity index (χ4v) is 2.15. The first-order chi connectivity index (χ1) is 6.75. The molecule has 0 aromatic heterocycles. The summed E-state index contributed by atoms with van der Waals surface area (Å²) in [6, 6.07) is 5.53. The third kappa shape index (κ3) is 2.36. The SMILES string of the molecule is Clc1ccc(CN2C=CSN2)c(Cl)c1. The predicted octanol–water partition coefficient (Wildman–Crippen LogP) is 3.43. The van der Waals surface area contributed by atoms with Gasteiger partial charge in [0.1, 0.15) is 0 Å². The van der Waals surface area contributed by atoms with Gasteiger partial charge in [-0.05, 0) is 29.6 Å². The van der Waals surface area contributed by atoms with E-state index in [4.69, 9.17) is 23.2 Å². The largest absolute Gasteiger partial charge is 0.301 e. The second-order valence-electron chi connectivity index (χ2n) is 2.86. The van der Waals surface area contributed by atoms with Crippen LogP contribution >= 0.6 is 35.1 Å². The van der Waals surface area contributed by atoms with Crippen LogP contribution in [0.4, 0.5) is 0 Å². The van der Waals surface area contributed by atoms with Crippen LogP contribution in [0.25, 0.3) is 0 Å². The number of rotatable bonds is 2. The minimum atomic E-state index is 0.665. The van der Waals surface area contributed by atoms with E-state index in [9.17, 15) is 0 Å². The maximum absolute atomic E-state index is 6.04. The average molecular weight is 247 g/mol. The molecular formula is C9H8Cl2N2S. The zero-order valence-corrected chi connectivity index (χ0v) is 9.53. The van der Waals surface area contributed by atoms with E-state index in [1.54, 1.807) is 6.07 Å². The average Bonchev–Trinajstić information content (AvgIpc) is 2.62. The van der Waals surface area contributed by atoms with Crippen molar-refractivity contribution in [3.63, 3.8) is 0 Å². The standard InChI is InChI=1S/C9H8Cl2N2S/c10-8-2-1-7(9(11)5-8)6-13-3-4-14-12-13/h1-5,12H,6H2. The van der Waals surface area contributed by atoms with Crippen molar-refractivity contribution in [3.8, 4) is 0 Å². The zero-order valence-electron chi connectivity index (χ0n) is 7.21. The van der Waals surface area contributed by atoms with E-state index in [-0.39, 0.29) is 0 Å². The number of hydrogen-bond acceptors (Lipinski definition) is 3. The maximum Gasteiger partial charge on any atom is 0.0612 e. The van der Waals surface area contributed by atoms with Gasteiger partial charge in [0.25, 0.3) is 0 Å². The van der Waals surface area contributed by atoms with Crippen LogP contribution in [-0.2, 0) is 6.54 Å². The fraction of sp³-hybridized carbons (Fsp3) is 0.111. The van der Waals surface area contributed by atoms with Crippen LogP contribution in [-0.4, -0.2) is 5.01 Å². The molecule has 0 radical (unpaired) electrons. The molecule has 74 valence electrons. The van der Waals surface area contributed by atoms with Gasteiger partial charge in [0, 0.05) is 21.7 Å². The van der Waals surface area contributed by atoms with Gasteiger partial charge in [-0.25, -0.2) is 0 Å². The summed E-state index contributed by atoms with van der Waals surface area (Å²) in [4.78, 5) is 3.09. The van der Waals surface area contributed by atoms with E-state index >= 15 is 0 Å². The molecule has 14 heavy (non-hydrogen) atoms. The van der Waals surface area contributed by atoms with Crippen LogP contribution in [0.1, 0.15) is 5.56 Å². The Bertz CT molecular complexity index is 368. The van der Waals surface area contributed by atoms with Crippen molar-refractivity contribution in [1.29, 1.82) is 0 Å². The topological polar surface area (TPSA) is 15.3 Å². The highest BCUT2D eigenvalue weighted by Crippen LogP contribution is 2.23. The summed E-state index contributed by atoms with van der Waals surface area (Å²) in [5, 5.41) is 5.30. The molecule has 0 amide bonds. The van der Waals surface area contributed by atoms with Crippen molar-refractivity contribution in [2.24, 2.45) is 0 Å². The van der Waals surface area contributed by atoms with Crippen LogP contribution < -0.4 is 4.83 Å². The van der Waals surface area contributed by atoms with Gasteiger partial charge in [-0.15, -0.1) is 0 Å². The van der Waals surface area contributed by atoms with Crippen LogP contribution in [0, 0.1) is 0 Å². The molecule has 2 rings (SSSR count). The normalized spacial score (nSPS) is 15.1. The van der Waals surface area contributed by atoms with Crippen LogP contribution in [0.5, 0.6) is 0 Å². The van der Waals surface area contributed by atoms with Gasteiger partial charge in [-0.2, -0.15) is 4.83 Å². The summed E-state index contributed by atoms with van der Waals surface area (Å²) in [6.07, 6.45) is 1.97. The number of hydrogen-bond donors (Lipinski definition) is 1. The summed E-state index contributed by atoms with van der Waals surface area (Å²) in [5.41, 5.74) is 1.05. The third-order valence-corrected chi connectivity index (χ3v) is 3.02. The second kappa shape index (κ2) is 4.45. The summed E-state index contributed by atoms with van der Waals surface area (Å²) >= 11 is 13.4. The Hall–Kier alpha value is -0.350. The molecule has 0 unspecified atom stereocenters. The van der Waals surface area contributed by atoms with Gasteiger partial charge in [0.05, 0.1) is 6.54 Å². The second-order valence-corrected chi connectivity index (χ2v) is 4.39. The molecule has 0 saturated carbocycles. The molecule has 1 aromatic carbocycles. The Balaban J connectivity index is 2.12. The van der Waals surface area contributed by atoms with Gasteiger partial charge in [0.15, 0.2) is 0 Å². The maximum atomic E-state index is 6.04. The summed E-state index contributed by atoms with van der Waals surface area (Å²) in [6.45, 7) is 0.736. The lowest BCUT2D eigenvalue weighted by atomic mass is 10.2. The van der Waals surface area contributed by atoms with E-state index in [1.165, 1.54) is 11.9 Å². The molecule has 0 saturated heterocycles. The first-order valence-corrected chi connectivity index (χ1v) is 5.68. The predicted molar refractivity (Wildman–Crippen MR) is 61.9 cm³/mol. The summed E-state index contributed by atoms with van der Waals surface area (Å²) in [7, 11) is 0. The van der Waals surface area contributed by atoms with Crippen molar-refractivity contribution in [3.05, 3.63) is 45.4 Å². The fourth-order valence-electron chi connectivity index (χ4n) is 1.15. The molecule has 5 heteroatoms. The van der Waals surface area contributed by atoms with Crippen LogP contribution in [0.2, 0.25) is 10.0 Å². The van der Waals surface area contributed by atoms with E-state index in [2.05, 4.69) is 4.83 Å². The molecule has 1 aliphatic rings. The van der Waals surface area contributed by atoms with Crippen molar-refractivity contribution < 1.29 is 0 Å². The van der Waals surface area contributed by atoms with E-state index in [0.717, 1.165) is 12.1 Å². The third-order valence-electron chi connectivity index (χ3n) is 1.83. The molecule has 0 bridgehead atoms. The zero-order chi connectivity index (χ0) is 9.97. The van der Waals surface area contributed by atoms with Gasteiger partial charge in [-0.3, -0.25) is 0 Å². The van der Waals surface area contributed by atoms with E-state index < -0.39 is 0 Å². The molecule has 0 aliphatic carbocycles. The van der Waals surface area contributed by atoms with Crippen LogP contribution in [0.15, 0.2) is 29.8 Å². The minimum Gasteiger partial charge on any atom is -0.301 e. The summed E-state index contributed by atoms with van der Waals surface area (Å²) in [5.74, 6) is 0. The summed E-state index contributed by atoms with van der Waals surface area (Å²) < 4.78 is 0. The molecule has 1 aromatic rings. The smallest absolute Gasteiger partial charge is 0.0612 e. The van der Waals surface area contributed by atoms with Gasteiger partial charge < -0.3 is 5.01 Å². The van der Waals surface area contributed by atoms with E-state index in [0.29, 0.717) is 10.0 Å². The monoisotopic (exact) mass is 246 g/mol. The number of benzene rings is 1. The lowest BCUT2D eigenvalue weighted by molar-refractivity contribution is 0.354. The number of nitrogens with one attached hydrogen (secondary N) is 1. The van der Waals surface area contributed by atoms with Crippen LogP contribution in [0.3, 0.4) is 0 Å². The Labute approximate surface area is 97.0 Å². The molecule has 0 fully saturated rings.